The summed E-state index contributed by atoms with van der Waals surface area (Å²) in [5.41, 5.74) is 1.23. The maximum atomic E-state index is 9.61. The van der Waals surface area contributed by atoms with Crippen molar-refractivity contribution in [3.63, 3.8) is 0 Å². The summed E-state index contributed by atoms with van der Waals surface area (Å²) in [7, 11) is 0. The maximum Gasteiger partial charge on any atom is 0.231 e. The molecule has 7 heteroatoms. The van der Waals surface area contributed by atoms with Gasteiger partial charge in [0.2, 0.25) is 6.79 Å². The Morgan fingerprint density at radius 2 is 2.17 bits per heavy atom. The summed E-state index contributed by atoms with van der Waals surface area (Å²) >= 11 is 6.21. The number of fused-ring (bicyclic) bond motifs is 2. The lowest BCUT2D eigenvalue weighted by Crippen LogP contribution is -2.05. The second-order valence-corrected chi connectivity index (χ2v) is 6.22. The number of aryl methyl sites for hydroxylation is 1. The molecule has 1 aromatic carbocycles. The number of hydrogen-bond donors (Lipinski definition) is 0. The summed E-state index contributed by atoms with van der Waals surface area (Å²) in [6.07, 6.45) is 6.03. The minimum absolute atomic E-state index is 0.158. The highest BCUT2D eigenvalue weighted by Crippen LogP contribution is 2.40. The van der Waals surface area contributed by atoms with Gasteiger partial charge in [-0.05, 0) is 36.6 Å². The highest BCUT2D eigenvalue weighted by molar-refractivity contribution is 6.32. The number of benzene rings is 1. The van der Waals surface area contributed by atoms with Crippen molar-refractivity contribution < 1.29 is 9.47 Å². The van der Waals surface area contributed by atoms with Gasteiger partial charge >= 0.3 is 0 Å². The largest absolute Gasteiger partial charge is 0.454 e. The third kappa shape index (κ3) is 2.61. The molecule has 0 unspecified atom stereocenters. The summed E-state index contributed by atoms with van der Waals surface area (Å²) in [5, 5.41) is 18.6. The highest BCUT2D eigenvalue weighted by atomic mass is 35.5. The molecule has 0 saturated carbocycles. The third-order valence-electron chi connectivity index (χ3n) is 4.23. The first-order chi connectivity index (χ1) is 11.8. The molecular formula is C17H15ClN4O2. The molecule has 3 heterocycles. The lowest BCUT2D eigenvalue weighted by molar-refractivity contribution is 0.174. The lowest BCUT2D eigenvalue weighted by atomic mass is 10.1. The second kappa shape index (κ2) is 6.17. The van der Waals surface area contributed by atoms with Crippen LogP contribution in [0.4, 0.5) is 0 Å². The zero-order valence-corrected chi connectivity index (χ0v) is 13.7. The summed E-state index contributed by atoms with van der Waals surface area (Å²) in [5.74, 6) is 2.70. The van der Waals surface area contributed by atoms with E-state index in [9.17, 15) is 5.26 Å². The van der Waals surface area contributed by atoms with E-state index in [1.807, 2.05) is 6.07 Å². The van der Waals surface area contributed by atoms with E-state index in [-0.39, 0.29) is 6.79 Å². The Morgan fingerprint density at radius 3 is 3.04 bits per heavy atom. The van der Waals surface area contributed by atoms with Crippen molar-refractivity contribution in [2.75, 3.05) is 6.79 Å². The predicted octanol–water partition coefficient (Wildman–Crippen LogP) is 3.45. The number of halogens is 1. The molecule has 2 aliphatic rings. The van der Waals surface area contributed by atoms with Crippen LogP contribution in [0, 0.1) is 11.3 Å². The molecule has 1 aromatic heterocycles. The Morgan fingerprint density at radius 1 is 1.25 bits per heavy atom. The molecule has 24 heavy (non-hydrogen) atoms. The Bertz CT molecular complexity index is 866. The van der Waals surface area contributed by atoms with Gasteiger partial charge < -0.3 is 14.0 Å². The molecule has 0 aliphatic carbocycles. The van der Waals surface area contributed by atoms with E-state index in [0.29, 0.717) is 27.9 Å². The molecule has 0 radical (unpaired) electrons. The number of nitrogens with zero attached hydrogens (tertiary/aromatic N) is 4. The number of nitriles is 1. The average molecular weight is 343 g/mol. The normalized spacial score (nSPS) is 16.4. The van der Waals surface area contributed by atoms with Crippen LogP contribution in [0.2, 0.25) is 5.02 Å². The molecule has 0 bridgehead atoms. The quantitative estimate of drug-likeness (QED) is 0.781. The van der Waals surface area contributed by atoms with E-state index in [2.05, 4.69) is 20.8 Å². The van der Waals surface area contributed by atoms with Crippen LogP contribution in [0.25, 0.3) is 11.6 Å². The summed E-state index contributed by atoms with van der Waals surface area (Å²) in [6.45, 7) is 1.00. The first-order valence-electron chi connectivity index (χ1n) is 7.89. The molecule has 0 amide bonds. The van der Waals surface area contributed by atoms with Crippen LogP contribution < -0.4 is 9.47 Å². The van der Waals surface area contributed by atoms with Crippen molar-refractivity contribution in [2.24, 2.45) is 0 Å². The topological polar surface area (TPSA) is 73.0 Å². The van der Waals surface area contributed by atoms with Gasteiger partial charge in [0.25, 0.3) is 0 Å². The van der Waals surface area contributed by atoms with Gasteiger partial charge in [0.1, 0.15) is 11.9 Å². The van der Waals surface area contributed by atoms with Gasteiger partial charge in [0, 0.05) is 13.0 Å². The predicted molar refractivity (Wildman–Crippen MR) is 88.6 cm³/mol. The van der Waals surface area contributed by atoms with Crippen LogP contribution in [-0.4, -0.2) is 21.6 Å². The smallest absolute Gasteiger partial charge is 0.231 e. The van der Waals surface area contributed by atoms with Crippen molar-refractivity contribution in [2.45, 2.75) is 32.2 Å². The van der Waals surface area contributed by atoms with Crippen LogP contribution >= 0.6 is 11.6 Å². The van der Waals surface area contributed by atoms with Crippen LogP contribution in [0.15, 0.2) is 12.1 Å². The van der Waals surface area contributed by atoms with Gasteiger partial charge in [0.05, 0.1) is 10.6 Å². The number of rotatable bonds is 2. The Labute approximate surface area is 144 Å². The second-order valence-electron chi connectivity index (χ2n) is 5.81. The number of hydrogen-bond acceptors (Lipinski definition) is 5. The number of aromatic nitrogens is 3. The molecule has 0 saturated heterocycles. The van der Waals surface area contributed by atoms with E-state index in [4.69, 9.17) is 21.1 Å². The zero-order valence-electron chi connectivity index (χ0n) is 13.0. The lowest BCUT2D eigenvalue weighted by Gasteiger charge is -2.06. The Hall–Kier alpha value is -2.52. The van der Waals surface area contributed by atoms with E-state index in [0.717, 1.165) is 37.2 Å². The van der Waals surface area contributed by atoms with Gasteiger partial charge in [-0.25, -0.2) is 0 Å². The SMILES string of the molecule is N#CC(=Cc1cc(Cl)c2c(c1)OCO2)c1nnc2n1CCCCC2. The minimum atomic E-state index is 0.158. The molecule has 0 atom stereocenters. The van der Waals surface area contributed by atoms with Crippen molar-refractivity contribution >= 4 is 23.3 Å². The Kier molecular flexibility index (Phi) is 3.87. The fourth-order valence-electron chi connectivity index (χ4n) is 3.07. The Balaban J connectivity index is 1.75. The maximum absolute atomic E-state index is 9.61. The van der Waals surface area contributed by atoms with Gasteiger partial charge in [-0.1, -0.05) is 18.0 Å². The van der Waals surface area contributed by atoms with Gasteiger partial charge in [-0.2, -0.15) is 5.26 Å². The standard InChI is InChI=1S/C17H15ClN4O2/c18-13-7-11(8-14-16(13)24-10-23-14)6-12(9-19)17-21-20-15-4-2-1-3-5-22(15)17/h6-8H,1-5,10H2. The molecule has 2 aromatic rings. The molecule has 0 fully saturated rings. The van der Waals surface area contributed by atoms with Gasteiger partial charge in [0.15, 0.2) is 17.3 Å². The van der Waals surface area contributed by atoms with Crippen LogP contribution in [0.3, 0.4) is 0 Å². The summed E-state index contributed by atoms with van der Waals surface area (Å²) in [4.78, 5) is 0. The number of allylic oxidation sites excluding steroid dienone is 1. The molecule has 2 aliphatic heterocycles. The highest BCUT2D eigenvalue weighted by Gasteiger charge is 2.20. The fraction of sp³-hybridized carbons (Fsp3) is 0.353. The first-order valence-corrected chi connectivity index (χ1v) is 8.27. The van der Waals surface area contributed by atoms with Gasteiger partial charge in [-0.15, -0.1) is 10.2 Å². The minimum Gasteiger partial charge on any atom is -0.454 e. The van der Waals surface area contributed by atoms with E-state index < -0.39 is 0 Å². The third-order valence-corrected chi connectivity index (χ3v) is 4.51. The van der Waals surface area contributed by atoms with Crippen molar-refractivity contribution in [1.82, 2.24) is 14.8 Å². The van der Waals surface area contributed by atoms with Crippen molar-refractivity contribution in [1.29, 1.82) is 5.26 Å². The van der Waals surface area contributed by atoms with Crippen LogP contribution in [0.1, 0.15) is 36.5 Å². The first kappa shape index (κ1) is 15.0. The van der Waals surface area contributed by atoms with E-state index in [1.54, 1.807) is 12.1 Å². The molecule has 6 nitrogen and oxygen atoms in total. The monoisotopic (exact) mass is 342 g/mol. The van der Waals surface area contributed by atoms with Crippen molar-refractivity contribution in [3.8, 4) is 17.6 Å². The molecular weight excluding hydrogens is 328 g/mol. The van der Waals surface area contributed by atoms with Crippen molar-refractivity contribution in [3.05, 3.63) is 34.4 Å². The summed E-state index contributed by atoms with van der Waals surface area (Å²) < 4.78 is 12.7. The van der Waals surface area contributed by atoms with E-state index in [1.165, 1.54) is 6.42 Å². The van der Waals surface area contributed by atoms with Gasteiger partial charge in [-0.3, -0.25) is 0 Å². The fourth-order valence-corrected chi connectivity index (χ4v) is 3.34. The van der Waals surface area contributed by atoms with E-state index >= 15 is 0 Å². The zero-order chi connectivity index (χ0) is 16.5. The van der Waals surface area contributed by atoms with Crippen LogP contribution in [-0.2, 0) is 13.0 Å². The summed E-state index contributed by atoms with van der Waals surface area (Å²) in [6, 6.07) is 5.80. The molecule has 0 N–H and O–H groups in total. The molecule has 4 rings (SSSR count). The molecule has 122 valence electrons. The number of ether oxygens (including phenoxy) is 2. The van der Waals surface area contributed by atoms with Crippen LogP contribution in [0.5, 0.6) is 11.5 Å². The molecule has 0 spiro atoms. The average Bonchev–Trinajstić information content (AvgIpc) is 3.14.